The average Bonchev–Trinajstić information content (AvgIpc) is 2.61. The van der Waals surface area contributed by atoms with Crippen molar-refractivity contribution in [2.45, 2.75) is 11.3 Å². The Morgan fingerprint density at radius 3 is 2.75 bits per heavy atom. The smallest absolute Gasteiger partial charge is 0.225 e. The minimum atomic E-state index is -1.30. The molecule has 1 amide bonds. The summed E-state index contributed by atoms with van der Waals surface area (Å²) in [6.45, 7) is 0.983. The minimum absolute atomic E-state index is 0.130. The fourth-order valence-electron chi connectivity index (χ4n) is 2.17. The highest BCUT2D eigenvalue weighted by molar-refractivity contribution is 7.85. The van der Waals surface area contributed by atoms with Gasteiger partial charge in [-0.05, 0) is 24.3 Å². The van der Waals surface area contributed by atoms with Crippen LogP contribution < -0.4 is 20.5 Å². The number of rotatable bonds is 5. The normalized spacial score (nSPS) is 14.0. The van der Waals surface area contributed by atoms with Crippen LogP contribution in [0.2, 0.25) is 0 Å². The van der Waals surface area contributed by atoms with Crippen LogP contribution in [0, 0.1) is 0 Å². The van der Waals surface area contributed by atoms with E-state index in [2.05, 4.69) is 10.3 Å². The molecule has 1 aliphatic rings. The molecule has 0 fully saturated rings. The number of benzene rings is 1. The van der Waals surface area contributed by atoms with Gasteiger partial charge in [0.2, 0.25) is 5.91 Å². The number of nitrogens with two attached hydrogens (primary N) is 1. The third-order valence-corrected chi connectivity index (χ3v) is 4.72. The predicted molar refractivity (Wildman–Crippen MR) is 90.6 cm³/mol. The van der Waals surface area contributed by atoms with Crippen molar-refractivity contribution in [3.63, 3.8) is 0 Å². The Labute approximate surface area is 141 Å². The fraction of sp³-hybridized carbons (Fsp3) is 0.250. The number of amides is 1. The van der Waals surface area contributed by atoms with E-state index in [-0.39, 0.29) is 18.1 Å². The van der Waals surface area contributed by atoms with Crippen LogP contribution in [0.5, 0.6) is 11.5 Å². The van der Waals surface area contributed by atoms with Crippen molar-refractivity contribution in [2.24, 2.45) is 0 Å². The van der Waals surface area contributed by atoms with E-state index >= 15 is 0 Å². The van der Waals surface area contributed by atoms with E-state index in [0.717, 1.165) is 0 Å². The number of aromatic nitrogens is 1. The molecule has 0 aliphatic carbocycles. The van der Waals surface area contributed by atoms with Gasteiger partial charge in [-0.25, -0.2) is 4.98 Å². The van der Waals surface area contributed by atoms with E-state index in [0.29, 0.717) is 41.1 Å². The molecule has 0 spiro atoms. The van der Waals surface area contributed by atoms with Crippen molar-refractivity contribution in [3.05, 3.63) is 36.5 Å². The lowest BCUT2D eigenvalue weighted by Crippen LogP contribution is -2.16. The summed E-state index contributed by atoms with van der Waals surface area (Å²) in [6.07, 6.45) is 1.61. The van der Waals surface area contributed by atoms with Crippen LogP contribution in [-0.4, -0.2) is 34.1 Å². The van der Waals surface area contributed by atoms with Gasteiger partial charge < -0.3 is 20.5 Å². The summed E-state index contributed by atoms with van der Waals surface area (Å²) in [5, 5.41) is 2.69. The van der Waals surface area contributed by atoms with Gasteiger partial charge in [-0.1, -0.05) is 0 Å². The molecular weight excluding hydrogens is 330 g/mol. The van der Waals surface area contributed by atoms with E-state index in [4.69, 9.17) is 15.2 Å². The lowest BCUT2D eigenvalue weighted by atomic mass is 10.3. The molecule has 3 N–H and O–H groups in total. The summed E-state index contributed by atoms with van der Waals surface area (Å²) in [4.78, 5) is 16.4. The number of pyridine rings is 1. The van der Waals surface area contributed by atoms with Crippen LogP contribution in [0.4, 0.5) is 11.5 Å². The van der Waals surface area contributed by atoms with Crippen LogP contribution >= 0.6 is 0 Å². The number of hydrogen-bond acceptors (Lipinski definition) is 6. The number of carbonyl (C=O) groups excluding carboxylic acids is 1. The van der Waals surface area contributed by atoms with Gasteiger partial charge in [0, 0.05) is 23.1 Å². The topological polar surface area (TPSA) is 104 Å². The summed E-state index contributed by atoms with van der Waals surface area (Å²) >= 11 is 0. The highest BCUT2D eigenvalue weighted by atomic mass is 32.2. The van der Waals surface area contributed by atoms with Gasteiger partial charge in [-0.2, -0.15) is 0 Å². The van der Waals surface area contributed by atoms with Gasteiger partial charge >= 0.3 is 0 Å². The Hall–Kier alpha value is -2.61. The van der Waals surface area contributed by atoms with Crippen molar-refractivity contribution in [1.29, 1.82) is 0 Å². The zero-order valence-corrected chi connectivity index (χ0v) is 13.7. The number of nitrogens with zero attached hydrogens (tertiary/aromatic N) is 1. The number of hydrogen-bond donors (Lipinski definition) is 2. The summed E-state index contributed by atoms with van der Waals surface area (Å²) in [6, 6.07) is 8.43. The van der Waals surface area contributed by atoms with E-state index < -0.39 is 10.8 Å². The van der Waals surface area contributed by atoms with Crippen LogP contribution in [0.15, 0.2) is 41.4 Å². The maximum Gasteiger partial charge on any atom is 0.225 e. The second-order valence-electron chi connectivity index (χ2n) is 5.13. The standard InChI is InChI=1S/C16H17N3O4S/c17-15-4-1-11(10-18-15)19-16(20)5-8-24(21)12-2-3-13-14(9-12)23-7-6-22-13/h1-4,9-10H,5-8H2,(H2,17,18)(H,19,20). The monoisotopic (exact) mass is 347 g/mol. The second-order valence-corrected chi connectivity index (χ2v) is 6.70. The van der Waals surface area contributed by atoms with E-state index in [9.17, 15) is 9.00 Å². The Kier molecular flexibility index (Phi) is 4.95. The third kappa shape index (κ3) is 4.02. The Morgan fingerprint density at radius 2 is 2.00 bits per heavy atom. The molecule has 1 aliphatic heterocycles. The number of fused-ring (bicyclic) bond motifs is 1. The van der Waals surface area contributed by atoms with Gasteiger partial charge in [0.05, 0.1) is 22.7 Å². The Morgan fingerprint density at radius 1 is 1.21 bits per heavy atom. The van der Waals surface area contributed by atoms with E-state index in [1.807, 2.05) is 0 Å². The first-order valence-corrected chi connectivity index (χ1v) is 8.73. The maximum absolute atomic E-state index is 12.3. The molecular formula is C16H17N3O4S. The molecule has 0 radical (unpaired) electrons. The van der Waals surface area contributed by atoms with Gasteiger partial charge in [0.15, 0.2) is 11.5 Å². The lowest BCUT2D eigenvalue weighted by molar-refractivity contribution is -0.115. The quantitative estimate of drug-likeness (QED) is 0.851. The van der Waals surface area contributed by atoms with E-state index in [1.165, 1.54) is 6.20 Å². The first-order valence-electron chi connectivity index (χ1n) is 7.41. The molecule has 8 heteroatoms. The summed E-state index contributed by atoms with van der Waals surface area (Å²) < 4.78 is 23.2. The van der Waals surface area contributed by atoms with Crippen LogP contribution in [0.3, 0.4) is 0 Å². The molecule has 1 aromatic carbocycles. The fourth-order valence-corrected chi connectivity index (χ4v) is 3.24. The number of anilines is 2. The minimum Gasteiger partial charge on any atom is -0.486 e. The van der Waals surface area contributed by atoms with Crippen molar-refractivity contribution in [2.75, 3.05) is 30.0 Å². The van der Waals surface area contributed by atoms with Crippen LogP contribution in [0.1, 0.15) is 6.42 Å². The predicted octanol–water partition coefficient (Wildman–Crippen LogP) is 1.57. The van der Waals surface area contributed by atoms with Crippen LogP contribution in [-0.2, 0) is 15.6 Å². The molecule has 24 heavy (non-hydrogen) atoms. The van der Waals surface area contributed by atoms with Gasteiger partial charge in [0.1, 0.15) is 19.0 Å². The first kappa shape index (κ1) is 16.3. The largest absolute Gasteiger partial charge is 0.486 e. The number of ether oxygens (including phenoxy) is 2. The molecule has 7 nitrogen and oxygen atoms in total. The van der Waals surface area contributed by atoms with E-state index in [1.54, 1.807) is 30.3 Å². The highest BCUT2D eigenvalue weighted by Gasteiger charge is 2.15. The second kappa shape index (κ2) is 7.31. The molecule has 0 saturated heterocycles. The van der Waals surface area contributed by atoms with Crippen molar-refractivity contribution in [1.82, 2.24) is 4.98 Å². The third-order valence-electron chi connectivity index (χ3n) is 3.36. The molecule has 1 aromatic heterocycles. The maximum atomic E-state index is 12.3. The Bertz CT molecular complexity index is 764. The SMILES string of the molecule is Nc1ccc(NC(=O)CCS(=O)c2ccc3c(c2)OCCO3)cn1. The number of nitrogens with one attached hydrogen (secondary N) is 1. The van der Waals surface area contributed by atoms with Crippen molar-refractivity contribution < 1.29 is 18.5 Å². The van der Waals surface area contributed by atoms with Crippen molar-refractivity contribution >= 4 is 28.2 Å². The molecule has 2 heterocycles. The summed E-state index contributed by atoms with van der Waals surface area (Å²) in [7, 11) is -1.30. The molecule has 1 unspecified atom stereocenters. The van der Waals surface area contributed by atoms with Gasteiger partial charge in [0.25, 0.3) is 0 Å². The van der Waals surface area contributed by atoms with Crippen LogP contribution in [0.25, 0.3) is 0 Å². The van der Waals surface area contributed by atoms with Gasteiger partial charge in [-0.15, -0.1) is 0 Å². The highest BCUT2D eigenvalue weighted by Crippen LogP contribution is 2.31. The zero-order chi connectivity index (χ0) is 16.9. The summed E-state index contributed by atoms with van der Waals surface area (Å²) in [5.41, 5.74) is 6.04. The Balaban J connectivity index is 1.55. The molecule has 0 saturated carbocycles. The summed E-state index contributed by atoms with van der Waals surface area (Å²) in [5.74, 6) is 1.61. The zero-order valence-electron chi connectivity index (χ0n) is 12.9. The number of carbonyl (C=O) groups is 1. The first-order chi connectivity index (χ1) is 11.6. The van der Waals surface area contributed by atoms with Crippen molar-refractivity contribution in [3.8, 4) is 11.5 Å². The molecule has 1 atom stereocenters. The average molecular weight is 347 g/mol. The van der Waals surface area contributed by atoms with Gasteiger partial charge in [-0.3, -0.25) is 9.00 Å². The number of nitrogen functional groups attached to an aromatic ring is 1. The molecule has 3 rings (SSSR count). The lowest BCUT2D eigenvalue weighted by Gasteiger charge is -2.18. The molecule has 2 aromatic rings. The molecule has 0 bridgehead atoms. The molecule has 126 valence electrons.